The molecule has 1 aliphatic rings. The van der Waals surface area contributed by atoms with Gasteiger partial charge in [-0.05, 0) is 0 Å². The molecule has 0 aromatic rings. The average molecular weight is 267 g/mol. The molecular weight excluding hydrogens is 254 g/mol. The number of methoxy groups -OCH3 is 1. The lowest BCUT2D eigenvalue weighted by molar-refractivity contribution is -0.141. The van der Waals surface area contributed by atoms with Gasteiger partial charge in [-0.25, -0.2) is 9.52 Å². The minimum atomic E-state index is -4.20. The summed E-state index contributed by atoms with van der Waals surface area (Å²) in [7, 11) is -3.19. The van der Waals surface area contributed by atoms with Gasteiger partial charge in [-0.3, -0.25) is 4.79 Å². The zero-order valence-electron chi connectivity index (χ0n) is 9.04. The zero-order chi connectivity index (χ0) is 13.1. The summed E-state index contributed by atoms with van der Waals surface area (Å²) < 4.78 is 29.9. The van der Waals surface area contributed by atoms with Crippen LogP contribution in [-0.2, 0) is 19.7 Å². The number of nitrogens with one attached hydrogen (secondary N) is 2. The summed E-state index contributed by atoms with van der Waals surface area (Å²) in [4.78, 5) is 21.7. The standard InChI is InChI=1S/C7H13N3O6S/c1-16-7(13)9-17(14,15)10-3-2-8-4-5(10)6(11)12/h5,8H,2-4H2,1H3,(H,9,13)(H,11,12). The van der Waals surface area contributed by atoms with Crippen molar-refractivity contribution in [3.63, 3.8) is 0 Å². The molecule has 1 aliphatic heterocycles. The molecule has 1 saturated heterocycles. The van der Waals surface area contributed by atoms with Crippen LogP contribution >= 0.6 is 0 Å². The minimum absolute atomic E-state index is 0.0165. The number of amides is 1. The van der Waals surface area contributed by atoms with Crippen LogP contribution in [0.2, 0.25) is 0 Å². The van der Waals surface area contributed by atoms with E-state index in [-0.39, 0.29) is 13.1 Å². The Hall–Kier alpha value is -1.39. The normalized spacial score (nSPS) is 21.8. The van der Waals surface area contributed by atoms with Crippen LogP contribution in [0.5, 0.6) is 0 Å². The number of ether oxygens (including phenoxy) is 1. The van der Waals surface area contributed by atoms with Gasteiger partial charge in [0.05, 0.1) is 7.11 Å². The topological polar surface area (TPSA) is 125 Å². The molecule has 1 unspecified atom stereocenters. The highest BCUT2D eigenvalue weighted by Crippen LogP contribution is 2.08. The third kappa shape index (κ3) is 3.28. The summed E-state index contributed by atoms with van der Waals surface area (Å²) in [6, 6.07) is -1.24. The number of rotatable bonds is 3. The van der Waals surface area contributed by atoms with E-state index in [0.29, 0.717) is 10.8 Å². The Morgan fingerprint density at radius 1 is 1.53 bits per heavy atom. The summed E-state index contributed by atoms with van der Waals surface area (Å²) in [5, 5.41) is 11.6. The number of carbonyl (C=O) groups excluding carboxylic acids is 1. The average Bonchev–Trinajstić information content (AvgIpc) is 2.28. The highest BCUT2D eigenvalue weighted by Gasteiger charge is 2.37. The number of carboxylic acids is 1. The Morgan fingerprint density at radius 2 is 2.18 bits per heavy atom. The van der Waals surface area contributed by atoms with Crippen LogP contribution in [0.15, 0.2) is 0 Å². The summed E-state index contributed by atoms with van der Waals surface area (Å²) in [6.45, 7) is 0.257. The van der Waals surface area contributed by atoms with E-state index >= 15 is 0 Å². The summed E-state index contributed by atoms with van der Waals surface area (Å²) >= 11 is 0. The van der Waals surface area contributed by atoms with E-state index < -0.39 is 28.3 Å². The van der Waals surface area contributed by atoms with Gasteiger partial charge in [0.15, 0.2) is 0 Å². The molecule has 0 aliphatic carbocycles. The van der Waals surface area contributed by atoms with Crippen molar-refractivity contribution >= 4 is 22.3 Å². The summed E-state index contributed by atoms with van der Waals surface area (Å²) in [6.07, 6.45) is -1.16. The molecule has 98 valence electrons. The number of aliphatic carboxylic acids is 1. The number of nitrogens with zero attached hydrogens (tertiary/aromatic N) is 1. The smallest absolute Gasteiger partial charge is 0.421 e. The lowest BCUT2D eigenvalue weighted by Crippen LogP contribution is -2.59. The molecule has 1 heterocycles. The molecule has 1 atom stereocenters. The number of hydrogen-bond acceptors (Lipinski definition) is 6. The number of hydrogen-bond donors (Lipinski definition) is 3. The number of piperazine rings is 1. The monoisotopic (exact) mass is 267 g/mol. The fourth-order valence-corrected chi connectivity index (χ4v) is 2.63. The maximum atomic E-state index is 11.7. The van der Waals surface area contributed by atoms with Gasteiger partial charge in [-0.1, -0.05) is 0 Å². The van der Waals surface area contributed by atoms with Crippen molar-refractivity contribution in [3.05, 3.63) is 0 Å². The zero-order valence-corrected chi connectivity index (χ0v) is 9.86. The first-order valence-corrected chi connectivity index (χ1v) is 6.13. The number of carbonyl (C=O) groups is 2. The first-order chi connectivity index (χ1) is 7.88. The second-order valence-electron chi connectivity index (χ2n) is 3.27. The minimum Gasteiger partial charge on any atom is -0.480 e. The molecule has 0 spiro atoms. The van der Waals surface area contributed by atoms with Gasteiger partial charge in [0.1, 0.15) is 6.04 Å². The predicted octanol–water partition coefficient (Wildman–Crippen LogP) is -2.05. The third-order valence-corrected chi connectivity index (χ3v) is 3.66. The van der Waals surface area contributed by atoms with Gasteiger partial charge in [-0.2, -0.15) is 12.7 Å². The fourth-order valence-electron chi connectivity index (χ4n) is 1.39. The van der Waals surface area contributed by atoms with Crippen molar-refractivity contribution in [1.29, 1.82) is 0 Å². The second-order valence-corrected chi connectivity index (χ2v) is 4.89. The van der Waals surface area contributed by atoms with E-state index in [4.69, 9.17) is 5.11 Å². The molecule has 10 heteroatoms. The first-order valence-electron chi connectivity index (χ1n) is 4.69. The molecule has 1 rings (SSSR count). The Morgan fingerprint density at radius 3 is 2.71 bits per heavy atom. The Labute approximate surface area is 97.9 Å². The van der Waals surface area contributed by atoms with Gasteiger partial charge < -0.3 is 15.2 Å². The van der Waals surface area contributed by atoms with Gasteiger partial charge in [0.25, 0.3) is 0 Å². The van der Waals surface area contributed by atoms with Gasteiger partial charge >= 0.3 is 22.3 Å². The van der Waals surface area contributed by atoms with Gasteiger partial charge in [-0.15, -0.1) is 0 Å². The van der Waals surface area contributed by atoms with E-state index in [9.17, 15) is 18.0 Å². The van der Waals surface area contributed by atoms with Crippen LogP contribution in [0.3, 0.4) is 0 Å². The van der Waals surface area contributed by atoms with Crippen molar-refractivity contribution in [2.45, 2.75) is 6.04 Å². The van der Waals surface area contributed by atoms with Crippen LogP contribution in [0.25, 0.3) is 0 Å². The first kappa shape index (κ1) is 13.7. The molecule has 1 amide bonds. The van der Waals surface area contributed by atoms with Gasteiger partial charge in [0.2, 0.25) is 0 Å². The highest BCUT2D eigenvalue weighted by atomic mass is 32.2. The fraction of sp³-hybridized carbons (Fsp3) is 0.714. The van der Waals surface area contributed by atoms with Crippen LogP contribution in [0.1, 0.15) is 0 Å². The second kappa shape index (κ2) is 5.29. The molecule has 0 aromatic heterocycles. The summed E-state index contributed by atoms with van der Waals surface area (Å²) in [5.41, 5.74) is 0. The van der Waals surface area contributed by atoms with Crippen LogP contribution in [0.4, 0.5) is 4.79 Å². The molecule has 0 aromatic carbocycles. The lowest BCUT2D eigenvalue weighted by atomic mass is 10.2. The van der Waals surface area contributed by atoms with E-state index in [0.717, 1.165) is 7.11 Å². The van der Waals surface area contributed by atoms with Crippen LogP contribution in [0, 0.1) is 0 Å². The maximum absolute atomic E-state index is 11.7. The van der Waals surface area contributed by atoms with E-state index in [1.165, 1.54) is 0 Å². The van der Waals surface area contributed by atoms with E-state index in [2.05, 4.69) is 10.1 Å². The maximum Gasteiger partial charge on any atom is 0.421 e. The molecule has 0 saturated carbocycles. The summed E-state index contributed by atoms with van der Waals surface area (Å²) in [5.74, 6) is -1.28. The van der Waals surface area contributed by atoms with Crippen LogP contribution in [-0.4, -0.2) is 62.7 Å². The van der Waals surface area contributed by atoms with Crippen molar-refractivity contribution in [1.82, 2.24) is 14.3 Å². The molecule has 1 fully saturated rings. The molecule has 3 N–H and O–H groups in total. The van der Waals surface area contributed by atoms with Crippen molar-refractivity contribution in [2.75, 3.05) is 26.7 Å². The van der Waals surface area contributed by atoms with Crippen molar-refractivity contribution in [2.24, 2.45) is 0 Å². The molecule has 0 radical (unpaired) electrons. The van der Waals surface area contributed by atoms with E-state index in [1.807, 2.05) is 0 Å². The largest absolute Gasteiger partial charge is 0.480 e. The number of carboxylic acid groups (broad SMARTS) is 1. The quantitative estimate of drug-likeness (QED) is 0.537. The molecule has 17 heavy (non-hydrogen) atoms. The lowest BCUT2D eigenvalue weighted by Gasteiger charge is -2.31. The van der Waals surface area contributed by atoms with Crippen molar-refractivity contribution < 1.29 is 27.9 Å². The van der Waals surface area contributed by atoms with Crippen molar-refractivity contribution in [3.8, 4) is 0 Å². The Kier molecular flexibility index (Phi) is 4.26. The SMILES string of the molecule is COC(=O)NS(=O)(=O)N1CCNCC1C(=O)O. The third-order valence-electron chi connectivity index (χ3n) is 2.19. The van der Waals surface area contributed by atoms with E-state index in [1.54, 1.807) is 4.72 Å². The predicted molar refractivity (Wildman–Crippen MR) is 55.5 cm³/mol. The molecular formula is C7H13N3O6S. The molecule has 0 bridgehead atoms. The van der Waals surface area contributed by atoms with Gasteiger partial charge in [0, 0.05) is 19.6 Å². The van der Waals surface area contributed by atoms with Crippen LogP contribution < -0.4 is 10.0 Å². The highest BCUT2D eigenvalue weighted by molar-refractivity contribution is 7.87. The molecule has 9 nitrogen and oxygen atoms in total. The Balaban J connectivity index is 2.87. The Bertz CT molecular complexity index is 408.